The predicted molar refractivity (Wildman–Crippen MR) is 219 cm³/mol. The normalized spacial score (nSPS) is 12.9. The summed E-state index contributed by atoms with van der Waals surface area (Å²) in [7, 11) is 2.50. The average molecular weight is 910 g/mol. The minimum atomic E-state index is -4.89. The third-order valence-corrected chi connectivity index (χ3v) is 9.53. The summed E-state index contributed by atoms with van der Waals surface area (Å²) in [4.78, 5) is 65.6. The van der Waals surface area contributed by atoms with Gasteiger partial charge in [0.15, 0.2) is 16.2 Å². The van der Waals surface area contributed by atoms with Crippen molar-refractivity contribution in [1.29, 1.82) is 0 Å². The van der Waals surface area contributed by atoms with Gasteiger partial charge in [-0.2, -0.15) is 14.9 Å². The fourth-order valence-electron chi connectivity index (χ4n) is 6.41. The number of hydrogen-bond acceptors (Lipinski definition) is 15. The van der Waals surface area contributed by atoms with E-state index in [0.717, 1.165) is 4.90 Å². The minimum Gasteiger partial charge on any atom is -0.478 e. The fraction of sp³-hybridized carbons (Fsp3) is 0.175. The molecule has 4 aromatic heterocycles. The second kappa shape index (κ2) is 17.5. The number of halogens is 5. The highest BCUT2D eigenvalue weighted by atomic mass is 35.5. The number of benzene rings is 3. The Balaban J connectivity index is 1.17. The van der Waals surface area contributed by atoms with Crippen molar-refractivity contribution in [2.45, 2.75) is 6.36 Å². The molecule has 3 aromatic carbocycles. The summed E-state index contributed by atoms with van der Waals surface area (Å²) in [6, 6.07) is 21.1. The van der Waals surface area contributed by atoms with Crippen molar-refractivity contribution < 1.29 is 60.1 Å². The molecule has 1 fully saturated rings. The van der Waals surface area contributed by atoms with Gasteiger partial charge in [-0.1, -0.05) is 36.4 Å². The molecule has 0 saturated carbocycles. The number of piperazine rings is 1. The number of nitrogens with zero attached hydrogens (tertiary/aromatic N) is 8. The van der Waals surface area contributed by atoms with Gasteiger partial charge in [-0.05, 0) is 59.6 Å². The van der Waals surface area contributed by atoms with Crippen LogP contribution in [0.15, 0.2) is 99.8 Å². The Bertz CT molecular complexity index is 2840. The number of anilines is 4. The van der Waals surface area contributed by atoms with Crippen LogP contribution in [-0.4, -0.2) is 89.8 Å². The fourth-order valence-corrected chi connectivity index (χ4v) is 6.77. The number of methoxy groups -OCH3 is 2. The maximum absolute atomic E-state index is 14.9. The first kappa shape index (κ1) is 42.2. The first-order valence-corrected chi connectivity index (χ1v) is 19.1. The number of rotatable bonds is 9. The van der Waals surface area contributed by atoms with Crippen LogP contribution < -0.4 is 38.4 Å². The summed E-state index contributed by atoms with van der Waals surface area (Å²) >= 11 is 12.2. The Labute approximate surface area is 362 Å². The second-order valence-electron chi connectivity index (χ2n) is 13.1. The van der Waals surface area contributed by atoms with E-state index in [4.69, 9.17) is 51.0 Å². The molecule has 23 heteroatoms. The highest BCUT2D eigenvalue weighted by Gasteiger charge is 2.38. The zero-order chi connectivity index (χ0) is 44.4. The maximum Gasteiger partial charge on any atom is 0.573 e. The van der Waals surface area contributed by atoms with Crippen LogP contribution in [0.4, 0.5) is 50.6 Å². The van der Waals surface area contributed by atoms with Gasteiger partial charge in [0.25, 0.3) is 11.8 Å². The molecule has 8 rings (SSSR count). The SMILES string of the molecule is COc1nc2oc(Cl)cc2nc1N(C(=O)Oc1ccccc1)C(=O)Oc1ccccc1N(C(=O)N1CCN(c2cccc(OC(F)(F)F)c2)CC1)c1nc2cc(Cl)oc2nc1OC. The molecule has 63 heavy (non-hydrogen) atoms. The van der Waals surface area contributed by atoms with Gasteiger partial charge in [-0.3, -0.25) is 0 Å². The Morgan fingerprint density at radius 2 is 1.25 bits per heavy atom. The largest absolute Gasteiger partial charge is 0.573 e. The second-order valence-corrected chi connectivity index (χ2v) is 13.8. The third kappa shape index (κ3) is 9.09. The van der Waals surface area contributed by atoms with E-state index < -0.39 is 36.1 Å². The number of alkyl halides is 3. The molecule has 7 aromatic rings. The highest BCUT2D eigenvalue weighted by molar-refractivity contribution is 6.30. The van der Waals surface area contributed by atoms with Gasteiger partial charge >= 0.3 is 24.6 Å². The van der Waals surface area contributed by atoms with E-state index in [2.05, 4.69) is 24.7 Å². The third-order valence-electron chi connectivity index (χ3n) is 9.15. The quantitative estimate of drug-likeness (QED) is 0.133. The molecule has 0 bridgehead atoms. The molecule has 0 atom stereocenters. The predicted octanol–water partition coefficient (Wildman–Crippen LogP) is 9.27. The maximum atomic E-state index is 14.9. The van der Waals surface area contributed by atoms with Gasteiger partial charge < -0.3 is 42.3 Å². The Morgan fingerprint density at radius 3 is 1.89 bits per heavy atom. The summed E-state index contributed by atoms with van der Waals surface area (Å²) in [6.45, 7) is 0.460. The minimum absolute atomic E-state index is 0.0171. The van der Waals surface area contributed by atoms with Crippen LogP contribution in [0.5, 0.6) is 29.0 Å². The Kier molecular flexibility index (Phi) is 11.7. The molecule has 1 aliphatic heterocycles. The number of carbonyl (C=O) groups is 3. The lowest BCUT2D eigenvalue weighted by molar-refractivity contribution is -0.274. The van der Waals surface area contributed by atoms with Gasteiger partial charge in [-0.15, -0.1) is 13.2 Å². The van der Waals surface area contributed by atoms with Crippen molar-refractivity contribution in [2.24, 2.45) is 0 Å². The summed E-state index contributed by atoms with van der Waals surface area (Å²) in [6.07, 6.45) is -7.57. The highest BCUT2D eigenvalue weighted by Crippen LogP contribution is 2.40. The van der Waals surface area contributed by atoms with Crippen LogP contribution in [0.3, 0.4) is 0 Å². The number of furan rings is 2. The van der Waals surface area contributed by atoms with E-state index >= 15 is 0 Å². The number of amides is 4. The van der Waals surface area contributed by atoms with Crippen molar-refractivity contribution >= 4 is 86.9 Å². The van der Waals surface area contributed by atoms with Crippen molar-refractivity contribution in [3.05, 3.63) is 101 Å². The number of aromatic nitrogens is 4. The molecule has 0 N–H and O–H groups in total. The number of fused-ring (bicyclic) bond motifs is 2. The lowest BCUT2D eigenvalue weighted by Gasteiger charge is -2.38. The first-order valence-electron chi connectivity index (χ1n) is 18.4. The van der Waals surface area contributed by atoms with E-state index in [1.807, 2.05) is 0 Å². The molecule has 1 aliphatic rings. The van der Waals surface area contributed by atoms with Gasteiger partial charge in [-0.25, -0.2) is 29.3 Å². The number of hydrogen-bond donors (Lipinski definition) is 0. The molecular weight excluding hydrogens is 880 g/mol. The lowest BCUT2D eigenvalue weighted by atomic mass is 10.2. The summed E-state index contributed by atoms with van der Waals surface area (Å²) < 4.78 is 76.3. The monoisotopic (exact) mass is 908 g/mol. The van der Waals surface area contributed by atoms with Crippen molar-refractivity contribution in [3.8, 4) is 29.0 Å². The van der Waals surface area contributed by atoms with Gasteiger partial charge in [0.1, 0.15) is 22.5 Å². The number of ether oxygens (including phenoxy) is 5. The number of carbonyl (C=O) groups excluding carboxylic acids is 3. The van der Waals surface area contributed by atoms with Crippen molar-refractivity contribution in [2.75, 3.05) is 55.1 Å². The molecule has 0 radical (unpaired) electrons. The average Bonchev–Trinajstić information content (AvgIpc) is 3.82. The van der Waals surface area contributed by atoms with E-state index in [0.29, 0.717) is 10.6 Å². The standard InChI is InChI=1S/C40H29Cl2F3N8O10/c1-57-35-31(46-25-20-29(41)61-33(25)48-35)52(37(54)51-17-15-50(16-18-51)22-9-8-12-24(19-22)63-40(43,44)45)27-13-6-7-14-28(27)60-39(56)53(38(55)59-23-10-4-3-5-11-23)32-36(58-2)49-34-26(47-32)21-30(42)62-34/h3-14,19-21H,15-18H2,1-2H3. The van der Waals surface area contributed by atoms with Crippen molar-refractivity contribution in [3.63, 3.8) is 0 Å². The van der Waals surface area contributed by atoms with Crippen molar-refractivity contribution in [1.82, 2.24) is 24.8 Å². The van der Waals surface area contributed by atoms with E-state index in [9.17, 15) is 27.6 Å². The van der Waals surface area contributed by atoms with Crippen LogP contribution in [0.25, 0.3) is 22.5 Å². The van der Waals surface area contributed by atoms with Crippen LogP contribution >= 0.6 is 23.2 Å². The van der Waals surface area contributed by atoms with Gasteiger partial charge in [0.05, 0.1) is 19.9 Å². The molecule has 5 heterocycles. The molecular formula is C40H29Cl2F3N8O10. The molecule has 1 saturated heterocycles. The van der Waals surface area contributed by atoms with E-state index in [1.54, 1.807) is 35.2 Å². The Morgan fingerprint density at radius 1 is 0.683 bits per heavy atom. The summed E-state index contributed by atoms with van der Waals surface area (Å²) in [5, 5.41) is -0.154. The van der Waals surface area contributed by atoms with Crippen LogP contribution in [0.1, 0.15) is 0 Å². The number of imide groups is 1. The smallest absolute Gasteiger partial charge is 0.478 e. The van der Waals surface area contributed by atoms with E-state index in [1.165, 1.54) is 79.8 Å². The molecule has 0 unspecified atom stereocenters. The molecule has 18 nitrogen and oxygen atoms in total. The van der Waals surface area contributed by atoms with E-state index in [-0.39, 0.29) is 93.8 Å². The first-order chi connectivity index (χ1) is 30.3. The molecule has 0 aliphatic carbocycles. The topological polar surface area (TPSA) is 188 Å². The van der Waals surface area contributed by atoms with Gasteiger partial charge in [0, 0.05) is 50.1 Å². The summed E-state index contributed by atoms with van der Waals surface area (Å²) in [5.74, 6) is -1.86. The molecule has 324 valence electrons. The molecule has 4 amide bonds. The summed E-state index contributed by atoms with van der Waals surface area (Å²) in [5.41, 5.74) is 0.421. The van der Waals surface area contributed by atoms with Crippen LogP contribution in [-0.2, 0) is 0 Å². The molecule has 0 spiro atoms. The zero-order valence-corrected chi connectivity index (χ0v) is 34.1. The lowest BCUT2D eigenvalue weighted by Crippen LogP contribution is -2.52. The van der Waals surface area contributed by atoms with Gasteiger partial charge in [0.2, 0.25) is 23.1 Å². The Hall–Kier alpha value is -7.52. The van der Waals surface area contributed by atoms with Crippen LogP contribution in [0.2, 0.25) is 10.4 Å². The number of para-hydroxylation sites is 3. The van der Waals surface area contributed by atoms with Crippen LogP contribution in [0, 0.1) is 0 Å². The number of urea groups is 1. The zero-order valence-electron chi connectivity index (χ0n) is 32.5.